The van der Waals surface area contributed by atoms with Crippen LogP contribution in [0.3, 0.4) is 0 Å². The first kappa shape index (κ1) is 13.6. The first-order chi connectivity index (χ1) is 8.73. The van der Waals surface area contributed by atoms with Crippen LogP contribution in [0.25, 0.3) is 0 Å². The average molecular weight is 286 g/mol. The standard InChI is InChI=1S/C10H14N4O4S/c1-19(17,18)10-7-5(8(11)15)4-6(9(12)16)14(7)3-2-13-10/h4,10,13H,2-3H2,1H3,(H2,11,15)(H2,12,16). The summed E-state index contributed by atoms with van der Waals surface area (Å²) < 4.78 is 25.0. The summed E-state index contributed by atoms with van der Waals surface area (Å²) in [4.78, 5) is 22.8. The van der Waals surface area contributed by atoms with Crippen LogP contribution in [0.2, 0.25) is 0 Å². The maximum atomic E-state index is 11.8. The van der Waals surface area contributed by atoms with E-state index in [0.717, 1.165) is 6.26 Å². The molecule has 1 aromatic rings. The Balaban J connectivity index is 2.74. The molecule has 1 aromatic heterocycles. The van der Waals surface area contributed by atoms with Gasteiger partial charge in [0.15, 0.2) is 15.2 Å². The lowest BCUT2D eigenvalue weighted by molar-refractivity contribution is 0.0986. The number of carbonyl (C=O) groups is 2. The summed E-state index contributed by atoms with van der Waals surface area (Å²) in [5, 5.41) is 1.72. The van der Waals surface area contributed by atoms with Gasteiger partial charge in [0.1, 0.15) is 5.69 Å². The largest absolute Gasteiger partial charge is 0.366 e. The van der Waals surface area contributed by atoms with E-state index in [1.54, 1.807) is 0 Å². The van der Waals surface area contributed by atoms with Gasteiger partial charge in [0.25, 0.3) is 11.8 Å². The molecule has 1 atom stereocenters. The number of nitrogens with two attached hydrogens (primary N) is 2. The van der Waals surface area contributed by atoms with E-state index in [1.807, 2.05) is 0 Å². The quantitative estimate of drug-likeness (QED) is 0.610. The Morgan fingerprint density at radius 3 is 2.47 bits per heavy atom. The van der Waals surface area contributed by atoms with Crippen LogP contribution >= 0.6 is 0 Å². The van der Waals surface area contributed by atoms with Gasteiger partial charge in [-0.15, -0.1) is 0 Å². The summed E-state index contributed by atoms with van der Waals surface area (Å²) in [6, 6.07) is 1.24. The third kappa shape index (κ3) is 2.22. The number of rotatable bonds is 3. The fourth-order valence-corrected chi connectivity index (χ4v) is 3.33. The molecule has 1 aliphatic heterocycles. The Bertz CT molecular complexity index is 661. The number of hydrogen-bond donors (Lipinski definition) is 3. The maximum absolute atomic E-state index is 11.8. The lowest BCUT2D eigenvalue weighted by atomic mass is 10.2. The zero-order chi connectivity index (χ0) is 14.4. The van der Waals surface area contributed by atoms with Crippen molar-refractivity contribution >= 4 is 21.7 Å². The van der Waals surface area contributed by atoms with Crippen LogP contribution in [0.15, 0.2) is 6.07 Å². The lowest BCUT2D eigenvalue weighted by Gasteiger charge is -2.26. The zero-order valence-corrected chi connectivity index (χ0v) is 11.0. The second-order valence-electron chi connectivity index (χ2n) is 4.37. The smallest absolute Gasteiger partial charge is 0.265 e. The van der Waals surface area contributed by atoms with Crippen molar-refractivity contribution in [1.82, 2.24) is 9.88 Å². The molecule has 0 spiro atoms. The van der Waals surface area contributed by atoms with Crippen molar-refractivity contribution in [3.8, 4) is 0 Å². The average Bonchev–Trinajstić information content (AvgIpc) is 2.66. The lowest BCUT2D eigenvalue weighted by Crippen LogP contribution is -2.39. The molecule has 1 aliphatic rings. The summed E-state index contributed by atoms with van der Waals surface area (Å²) in [6.07, 6.45) is 1.04. The first-order valence-corrected chi connectivity index (χ1v) is 7.44. The molecular weight excluding hydrogens is 272 g/mol. The van der Waals surface area contributed by atoms with Gasteiger partial charge in [-0.2, -0.15) is 0 Å². The molecule has 104 valence electrons. The number of aromatic nitrogens is 1. The van der Waals surface area contributed by atoms with Crippen molar-refractivity contribution in [2.24, 2.45) is 11.5 Å². The van der Waals surface area contributed by atoms with E-state index >= 15 is 0 Å². The molecule has 0 aliphatic carbocycles. The molecule has 0 bridgehead atoms. The molecule has 0 radical (unpaired) electrons. The van der Waals surface area contributed by atoms with Gasteiger partial charge in [-0.25, -0.2) is 8.42 Å². The van der Waals surface area contributed by atoms with Gasteiger partial charge in [-0.05, 0) is 6.07 Å². The topological polar surface area (TPSA) is 137 Å². The van der Waals surface area contributed by atoms with E-state index in [1.165, 1.54) is 10.6 Å². The highest BCUT2D eigenvalue weighted by molar-refractivity contribution is 7.90. The number of carbonyl (C=O) groups excluding carboxylic acids is 2. The van der Waals surface area contributed by atoms with Gasteiger partial charge < -0.3 is 16.0 Å². The minimum absolute atomic E-state index is 0.00331. The van der Waals surface area contributed by atoms with Crippen LogP contribution in [0.5, 0.6) is 0 Å². The summed E-state index contributed by atoms with van der Waals surface area (Å²) >= 11 is 0. The van der Waals surface area contributed by atoms with E-state index in [2.05, 4.69) is 5.32 Å². The summed E-state index contributed by atoms with van der Waals surface area (Å²) in [6.45, 7) is 0.685. The molecule has 2 amide bonds. The summed E-state index contributed by atoms with van der Waals surface area (Å²) in [5.41, 5.74) is 10.7. The van der Waals surface area contributed by atoms with Crippen molar-refractivity contribution in [3.05, 3.63) is 23.0 Å². The third-order valence-electron chi connectivity index (χ3n) is 3.00. The molecule has 0 aromatic carbocycles. The minimum atomic E-state index is -3.50. The van der Waals surface area contributed by atoms with Crippen LogP contribution < -0.4 is 16.8 Å². The number of sulfone groups is 1. The second-order valence-corrected chi connectivity index (χ2v) is 6.50. The first-order valence-electron chi connectivity index (χ1n) is 5.48. The summed E-state index contributed by atoms with van der Waals surface area (Å²) in [5.74, 6) is -1.53. The third-order valence-corrected chi connectivity index (χ3v) is 4.24. The number of nitrogens with one attached hydrogen (secondary N) is 1. The van der Waals surface area contributed by atoms with Gasteiger partial charge in [0.2, 0.25) is 0 Å². The maximum Gasteiger partial charge on any atom is 0.265 e. The molecule has 19 heavy (non-hydrogen) atoms. The molecular formula is C10H14N4O4S. The molecule has 1 unspecified atom stereocenters. The predicted octanol–water partition coefficient (Wildman–Crippen LogP) is -1.67. The van der Waals surface area contributed by atoms with E-state index in [-0.39, 0.29) is 17.0 Å². The van der Waals surface area contributed by atoms with E-state index in [0.29, 0.717) is 13.1 Å². The molecule has 2 heterocycles. The van der Waals surface area contributed by atoms with Crippen molar-refractivity contribution in [3.63, 3.8) is 0 Å². The molecule has 0 saturated heterocycles. The van der Waals surface area contributed by atoms with E-state index in [9.17, 15) is 18.0 Å². The number of fused-ring (bicyclic) bond motifs is 1. The zero-order valence-electron chi connectivity index (χ0n) is 10.2. The highest BCUT2D eigenvalue weighted by Gasteiger charge is 2.35. The molecule has 0 fully saturated rings. The highest BCUT2D eigenvalue weighted by atomic mass is 32.2. The van der Waals surface area contributed by atoms with Gasteiger partial charge in [-0.3, -0.25) is 14.9 Å². The Kier molecular flexibility index (Phi) is 3.11. The van der Waals surface area contributed by atoms with Crippen molar-refractivity contribution in [2.75, 3.05) is 12.8 Å². The van der Waals surface area contributed by atoms with Crippen LogP contribution in [-0.2, 0) is 16.4 Å². The van der Waals surface area contributed by atoms with Gasteiger partial charge >= 0.3 is 0 Å². The number of primary amides is 2. The Morgan fingerprint density at radius 1 is 1.37 bits per heavy atom. The number of hydrogen-bond acceptors (Lipinski definition) is 5. The Morgan fingerprint density at radius 2 is 2.00 bits per heavy atom. The van der Waals surface area contributed by atoms with Gasteiger partial charge in [0, 0.05) is 19.3 Å². The predicted molar refractivity (Wildman–Crippen MR) is 67.1 cm³/mol. The molecule has 5 N–H and O–H groups in total. The van der Waals surface area contributed by atoms with Gasteiger partial charge in [0.05, 0.1) is 11.3 Å². The van der Waals surface area contributed by atoms with Crippen molar-refractivity contribution in [2.45, 2.75) is 11.9 Å². The van der Waals surface area contributed by atoms with Crippen LogP contribution in [0.4, 0.5) is 0 Å². The molecule has 2 rings (SSSR count). The normalized spacial score (nSPS) is 18.9. The number of amides is 2. The fraction of sp³-hybridized carbons (Fsp3) is 0.400. The Labute approximate surface area is 109 Å². The second kappa shape index (κ2) is 4.35. The molecule has 0 saturated carbocycles. The molecule has 8 nitrogen and oxygen atoms in total. The summed E-state index contributed by atoms with van der Waals surface area (Å²) in [7, 11) is -3.50. The van der Waals surface area contributed by atoms with E-state index < -0.39 is 27.0 Å². The minimum Gasteiger partial charge on any atom is -0.366 e. The van der Waals surface area contributed by atoms with Crippen LogP contribution in [0, 0.1) is 0 Å². The highest BCUT2D eigenvalue weighted by Crippen LogP contribution is 2.28. The number of nitrogens with zero attached hydrogens (tertiary/aromatic N) is 1. The Hall–Kier alpha value is -1.87. The monoisotopic (exact) mass is 286 g/mol. The van der Waals surface area contributed by atoms with Crippen molar-refractivity contribution < 1.29 is 18.0 Å². The molecule has 9 heteroatoms. The van der Waals surface area contributed by atoms with Crippen LogP contribution in [-0.4, -0.2) is 37.6 Å². The van der Waals surface area contributed by atoms with E-state index in [4.69, 9.17) is 11.5 Å². The van der Waals surface area contributed by atoms with Crippen LogP contribution in [0.1, 0.15) is 31.9 Å². The van der Waals surface area contributed by atoms with Crippen molar-refractivity contribution in [1.29, 1.82) is 0 Å². The fourth-order valence-electron chi connectivity index (χ4n) is 2.25. The van der Waals surface area contributed by atoms with Gasteiger partial charge in [-0.1, -0.05) is 0 Å². The SMILES string of the molecule is CS(=O)(=O)C1NCCn2c(C(N)=O)cc(C(N)=O)c21.